The van der Waals surface area contributed by atoms with Crippen LogP contribution in [0.5, 0.6) is 0 Å². The molecule has 2 aromatic rings. The standard InChI is InChI=1S/C17H27N3O/c1-6-8-18-17(16-9-12(3)21-13(16)4)11-15-10-14(7-2)19-20(15)5/h9-10,17-18H,6-8,11H2,1-5H3. The van der Waals surface area contributed by atoms with Crippen molar-refractivity contribution in [1.82, 2.24) is 15.1 Å². The molecule has 116 valence electrons. The molecular weight excluding hydrogens is 262 g/mol. The summed E-state index contributed by atoms with van der Waals surface area (Å²) in [6.45, 7) is 9.39. The molecule has 0 amide bonds. The summed E-state index contributed by atoms with van der Waals surface area (Å²) in [5.41, 5.74) is 3.68. The summed E-state index contributed by atoms with van der Waals surface area (Å²) in [5.74, 6) is 1.99. The van der Waals surface area contributed by atoms with Gasteiger partial charge < -0.3 is 9.73 Å². The summed E-state index contributed by atoms with van der Waals surface area (Å²) >= 11 is 0. The highest BCUT2D eigenvalue weighted by atomic mass is 16.3. The van der Waals surface area contributed by atoms with Crippen molar-refractivity contribution in [2.45, 2.75) is 53.0 Å². The topological polar surface area (TPSA) is 43.0 Å². The van der Waals surface area contributed by atoms with Crippen molar-refractivity contribution >= 4 is 0 Å². The van der Waals surface area contributed by atoms with E-state index in [1.165, 1.54) is 11.3 Å². The highest BCUT2D eigenvalue weighted by Gasteiger charge is 2.19. The number of hydrogen-bond acceptors (Lipinski definition) is 3. The lowest BCUT2D eigenvalue weighted by Gasteiger charge is -2.18. The van der Waals surface area contributed by atoms with Gasteiger partial charge in [0.25, 0.3) is 0 Å². The van der Waals surface area contributed by atoms with Crippen LogP contribution in [0.4, 0.5) is 0 Å². The fourth-order valence-corrected chi connectivity index (χ4v) is 2.75. The molecule has 0 aliphatic heterocycles. The van der Waals surface area contributed by atoms with Crippen molar-refractivity contribution in [3.8, 4) is 0 Å². The molecule has 0 aliphatic carbocycles. The van der Waals surface area contributed by atoms with Crippen LogP contribution in [0.25, 0.3) is 0 Å². The predicted molar refractivity (Wildman–Crippen MR) is 85.5 cm³/mol. The van der Waals surface area contributed by atoms with Gasteiger partial charge in [0.1, 0.15) is 11.5 Å². The predicted octanol–water partition coefficient (Wildman–Crippen LogP) is 3.48. The third-order valence-corrected chi connectivity index (χ3v) is 3.90. The molecule has 0 aliphatic rings. The first-order valence-corrected chi connectivity index (χ1v) is 7.87. The van der Waals surface area contributed by atoms with Gasteiger partial charge in [-0.25, -0.2) is 0 Å². The van der Waals surface area contributed by atoms with E-state index < -0.39 is 0 Å². The molecule has 0 fully saturated rings. The van der Waals surface area contributed by atoms with E-state index in [1.807, 2.05) is 25.6 Å². The minimum absolute atomic E-state index is 0.280. The summed E-state index contributed by atoms with van der Waals surface area (Å²) in [7, 11) is 2.03. The SMILES string of the molecule is CCCNC(Cc1cc(CC)nn1C)c1cc(C)oc1C. The highest BCUT2D eigenvalue weighted by Crippen LogP contribution is 2.25. The van der Waals surface area contributed by atoms with Crippen molar-refractivity contribution in [2.24, 2.45) is 7.05 Å². The van der Waals surface area contributed by atoms with Crippen molar-refractivity contribution in [3.05, 3.63) is 40.6 Å². The zero-order valence-corrected chi connectivity index (χ0v) is 13.9. The van der Waals surface area contributed by atoms with Crippen LogP contribution in [0.2, 0.25) is 0 Å². The van der Waals surface area contributed by atoms with Crippen LogP contribution in [0.15, 0.2) is 16.5 Å². The van der Waals surface area contributed by atoms with Gasteiger partial charge in [0.15, 0.2) is 0 Å². The van der Waals surface area contributed by atoms with Gasteiger partial charge in [0, 0.05) is 30.8 Å². The van der Waals surface area contributed by atoms with Crippen LogP contribution in [0.3, 0.4) is 0 Å². The first-order chi connectivity index (χ1) is 10.0. The maximum Gasteiger partial charge on any atom is 0.105 e. The fraction of sp³-hybridized carbons (Fsp3) is 0.588. The second kappa shape index (κ2) is 6.94. The molecular formula is C17H27N3O. The Kier molecular flexibility index (Phi) is 5.23. The van der Waals surface area contributed by atoms with Crippen molar-refractivity contribution in [2.75, 3.05) is 6.54 Å². The Hall–Kier alpha value is -1.55. The summed E-state index contributed by atoms with van der Waals surface area (Å²) in [5, 5.41) is 8.19. The number of rotatable bonds is 7. The first kappa shape index (κ1) is 15.8. The van der Waals surface area contributed by atoms with Crippen LogP contribution >= 0.6 is 0 Å². The van der Waals surface area contributed by atoms with E-state index in [0.29, 0.717) is 0 Å². The van der Waals surface area contributed by atoms with E-state index in [-0.39, 0.29) is 6.04 Å². The molecule has 1 N–H and O–H groups in total. The van der Waals surface area contributed by atoms with E-state index in [4.69, 9.17) is 4.42 Å². The molecule has 0 aromatic carbocycles. The zero-order valence-electron chi connectivity index (χ0n) is 13.9. The number of hydrogen-bond donors (Lipinski definition) is 1. The molecule has 1 atom stereocenters. The first-order valence-electron chi connectivity index (χ1n) is 7.87. The summed E-state index contributed by atoms with van der Waals surface area (Å²) in [6.07, 6.45) is 3.03. The van der Waals surface area contributed by atoms with Gasteiger partial charge in [0.05, 0.1) is 5.69 Å². The van der Waals surface area contributed by atoms with E-state index >= 15 is 0 Å². The molecule has 4 heteroatoms. The van der Waals surface area contributed by atoms with E-state index in [2.05, 4.69) is 36.4 Å². The lowest BCUT2D eigenvalue weighted by Crippen LogP contribution is -2.25. The second-order valence-electron chi connectivity index (χ2n) is 5.68. The van der Waals surface area contributed by atoms with Crippen LogP contribution < -0.4 is 5.32 Å². The van der Waals surface area contributed by atoms with Gasteiger partial charge in [0.2, 0.25) is 0 Å². The lowest BCUT2D eigenvalue weighted by atomic mass is 10.0. The van der Waals surface area contributed by atoms with Gasteiger partial charge in [-0.05, 0) is 45.4 Å². The lowest BCUT2D eigenvalue weighted by molar-refractivity contribution is 0.475. The van der Waals surface area contributed by atoms with Crippen molar-refractivity contribution in [3.63, 3.8) is 0 Å². The largest absolute Gasteiger partial charge is 0.466 e. The van der Waals surface area contributed by atoms with E-state index in [9.17, 15) is 0 Å². The average molecular weight is 289 g/mol. The number of aryl methyl sites for hydroxylation is 4. The van der Waals surface area contributed by atoms with Gasteiger partial charge in [-0.1, -0.05) is 13.8 Å². The Labute approximate surface area is 127 Å². The molecule has 2 heterocycles. The number of aromatic nitrogens is 2. The van der Waals surface area contributed by atoms with Crippen molar-refractivity contribution in [1.29, 1.82) is 0 Å². The molecule has 0 spiro atoms. The number of nitrogens with zero attached hydrogens (tertiary/aromatic N) is 2. The summed E-state index contributed by atoms with van der Waals surface area (Å²) in [6, 6.07) is 4.64. The maximum atomic E-state index is 5.71. The monoisotopic (exact) mass is 289 g/mol. The third-order valence-electron chi connectivity index (χ3n) is 3.90. The molecule has 0 saturated heterocycles. The Balaban J connectivity index is 2.23. The zero-order chi connectivity index (χ0) is 15.4. The van der Waals surface area contributed by atoms with Crippen molar-refractivity contribution < 1.29 is 4.42 Å². The Morgan fingerprint density at radius 1 is 1.29 bits per heavy atom. The molecule has 2 aromatic heterocycles. The van der Waals surface area contributed by atoms with Gasteiger partial charge in [-0.3, -0.25) is 4.68 Å². The molecule has 1 unspecified atom stereocenters. The van der Waals surface area contributed by atoms with Gasteiger partial charge in [-0.15, -0.1) is 0 Å². The highest BCUT2D eigenvalue weighted by molar-refractivity contribution is 5.26. The molecule has 0 radical (unpaired) electrons. The van der Waals surface area contributed by atoms with Crippen LogP contribution in [-0.2, 0) is 19.9 Å². The Bertz CT molecular complexity index is 583. The summed E-state index contributed by atoms with van der Waals surface area (Å²) < 4.78 is 7.71. The van der Waals surface area contributed by atoms with Gasteiger partial charge in [-0.2, -0.15) is 5.10 Å². The minimum Gasteiger partial charge on any atom is -0.466 e. The summed E-state index contributed by atoms with van der Waals surface area (Å²) in [4.78, 5) is 0. The molecule has 0 bridgehead atoms. The third kappa shape index (κ3) is 3.76. The van der Waals surface area contributed by atoms with Gasteiger partial charge >= 0.3 is 0 Å². The Morgan fingerprint density at radius 3 is 2.57 bits per heavy atom. The number of nitrogens with one attached hydrogen (secondary N) is 1. The van der Waals surface area contributed by atoms with Crippen LogP contribution in [0.1, 0.15) is 54.8 Å². The molecule has 0 saturated carbocycles. The Morgan fingerprint density at radius 2 is 2.05 bits per heavy atom. The molecule has 4 nitrogen and oxygen atoms in total. The minimum atomic E-state index is 0.280. The molecule has 2 rings (SSSR count). The number of furan rings is 1. The smallest absolute Gasteiger partial charge is 0.105 e. The van der Waals surface area contributed by atoms with Crippen LogP contribution in [0, 0.1) is 13.8 Å². The quantitative estimate of drug-likeness (QED) is 0.848. The second-order valence-corrected chi connectivity index (χ2v) is 5.68. The van der Waals surface area contributed by atoms with E-state index in [1.54, 1.807) is 0 Å². The van der Waals surface area contributed by atoms with Crippen LogP contribution in [-0.4, -0.2) is 16.3 Å². The molecule has 21 heavy (non-hydrogen) atoms. The maximum absolute atomic E-state index is 5.71. The van der Waals surface area contributed by atoms with E-state index in [0.717, 1.165) is 43.0 Å². The fourth-order valence-electron chi connectivity index (χ4n) is 2.75. The normalized spacial score (nSPS) is 12.8. The average Bonchev–Trinajstić information content (AvgIpc) is 2.97.